The summed E-state index contributed by atoms with van der Waals surface area (Å²) in [6.07, 6.45) is 0.712. The van der Waals surface area contributed by atoms with Crippen LogP contribution in [-0.2, 0) is 10.0 Å². The number of thioether (sulfide) groups is 1. The number of hydrogen-bond donors (Lipinski definition) is 0. The molecule has 1 unspecified atom stereocenters. The fourth-order valence-electron chi connectivity index (χ4n) is 3.09. The molecule has 6 nitrogen and oxygen atoms in total. The van der Waals surface area contributed by atoms with Gasteiger partial charge < -0.3 is 0 Å². The number of nitro groups is 1. The molecular weight excluding hydrogens is 372 g/mol. The van der Waals surface area contributed by atoms with Crippen molar-refractivity contribution in [3.8, 4) is 0 Å². The maximum atomic E-state index is 12.9. The molecule has 1 aliphatic heterocycles. The second kappa shape index (κ2) is 7.77. The first-order valence-electron chi connectivity index (χ1n) is 8.31. The van der Waals surface area contributed by atoms with Crippen molar-refractivity contribution < 1.29 is 13.3 Å². The molecule has 0 spiro atoms. The van der Waals surface area contributed by atoms with Gasteiger partial charge >= 0.3 is 0 Å². The highest BCUT2D eigenvalue weighted by molar-refractivity contribution is 7.99. The highest BCUT2D eigenvalue weighted by Gasteiger charge is 2.29. The number of aryl methyl sites for hydroxylation is 1. The molecule has 0 radical (unpaired) electrons. The third-order valence-corrected chi connectivity index (χ3v) is 7.71. The SMILES string of the molecule is Cc1ccccc1C1CCN(S(=O)(=O)c2cccc([N+](=O)[O-])c2)CCS1. The summed E-state index contributed by atoms with van der Waals surface area (Å²) in [4.78, 5) is 10.3. The molecule has 2 aromatic carbocycles. The van der Waals surface area contributed by atoms with Gasteiger partial charge in [0.1, 0.15) is 0 Å². The molecule has 0 aliphatic carbocycles. The minimum atomic E-state index is -3.74. The molecular formula is C18H20N2O4S2. The van der Waals surface area contributed by atoms with Crippen LogP contribution in [0.25, 0.3) is 0 Å². The maximum Gasteiger partial charge on any atom is 0.270 e. The van der Waals surface area contributed by atoms with Crippen molar-refractivity contribution in [2.75, 3.05) is 18.8 Å². The van der Waals surface area contributed by atoms with Crippen molar-refractivity contribution in [2.45, 2.75) is 23.5 Å². The van der Waals surface area contributed by atoms with E-state index in [1.165, 1.54) is 33.6 Å². The van der Waals surface area contributed by atoms with Crippen molar-refractivity contribution >= 4 is 27.5 Å². The van der Waals surface area contributed by atoms with E-state index < -0.39 is 14.9 Å². The molecule has 0 amide bonds. The Morgan fingerprint density at radius 1 is 1.15 bits per heavy atom. The van der Waals surface area contributed by atoms with Gasteiger partial charge in [0.2, 0.25) is 10.0 Å². The summed E-state index contributed by atoms with van der Waals surface area (Å²) in [5.74, 6) is 0.688. The van der Waals surface area contributed by atoms with Gasteiger partial charge in [-0.15, -0.1) is 0 Å². The zero-order chi connectivity index (χ0) is 18.7. The highest BCUT2D eigenvalue weighted by Crippen LogP contribution is 2.37. The lowest BCUT2D eigenvalue weighted by Gasteiger charge is -2.20. The quantitative estimate of drug-likeness (QED) is 0.584. The average Bonchev–Trinajstić information content (AvgIpc) is 2.89. The van der Waals surface area contributed by atoms with Gasteiger partial charge in [-0.1, -0.05) is 30.3 Å². The first kappa shape index (κ1) is 18.9. The smallest absolute Gasteiger partial charge is 0.258 e. The molecule has 0 bridgehead atoms. The van der Waals surface area contributed by atoms with E-state index in [1.807, 2.05) is 12.1 Å². The van der Waals surface area contributed by atoms with E-state index in [2.05, 4.69) is 19.1 Å². The van der Waals surface area contributed by atoms with Crippen LogP contribution in [0.15, 0.2) is 53.4 Å². The van der Waals surface area contributed by atoms with Gasteiger partial charge in [0.15, 0.2) is 0 Å². The van der Waals surface area contributed by atoms with Crippen molar-refractivity contribution in [3.05, 3.63) is 69.8 Å². The van der Waals surface area contributed by atoms with E-state index in [1.54, 1.807) is 11.8 Å². The Balaban J connectivity index is 1.81. The molecule has 1 heterocycles. The van der Waals surface area contributed by atoms with E-state index in [0.717, 1.165) is 6.07 Å². The van der Waals surface area contributed by atoms with Crippen molar-refractivity contribution in [1.82, 2.24) is 4.31 Å². The molecule has 1 fully saturated rings. The van der Waals surface area contributed by atoms with Crippen LogP contribution in [0, 0.1) is 17.0 Å². The van der Waals surface area contributed by atoms with Crippen LogP contribution in [0.4, 0.5) is 5.69 Å². The van der Waals surface area contributed by atoms with Gasteiger partial charge in [0.25, 0.3) is 5.69 Å². The standard InChI is InChI=1S/C18H20N2O4S2/c1-14-5-2-3-8-17(14)18-9-10-19(11-12-25-18)26(23,24)16-7-4-6-15(13-16)20(21)22/h2-8,13,18H,9-12H2,1H3. The lowest BCUT2D eigenvalue weighted by atomic mass is 10.0. The normalized spacial score (nSPS) is 19.0. The Bertz CT molecular complexity index is 915. The van der Waals surface area contributed by atoms with Gasteiger partial charge in [-0.2, -0.15) is 16.1 Å². The molecule has 0 saturated carbocycles. The number of sulfonamides is 1. The van der Waals surface area contributed by atoms with Crippen LogP contribution >= 0.6 is 11.8 Å². The second-order valence-electron chi connectivity index (χ2n) is 6.16. The summed E-state index contributed by atoms with van der Waals surface area (Å²) < 4.78 is 27.3. The van der Waals surface area contributed by atoms with E-state index in [0.29, 0.717) is 25.3 Å². The predicted octanol–water partition coefficient (Wildman–Crippen LogP) is 3.77. The molecule has 1 saturated heterocycles. The van der Waals surface area contributed by atoms with Gasteiger partial charge in [0, 0.05) is 36.2 Å². The van der Waals surface area contributed by atoms with Crippen LogP contribution < -0.4 is 0 Å². The molecule has 0 aromatic heterocycles. The highest BCUT2D eigenvalue weighted by atomic mass is 32.2. The fourth-order valence-corrected chi connectivity index (χ4v) is 6.03. The summed E-state index contributed by atoms with van der Waals surface area (Å²) in [7, 11) is -3.74. The number of benzene rings is 2. The molecule has 138 valence electrons. The largest absolute Gasteiger partial charge is 0.270 e. The maximum absolute atomic E-state index is 12.9. The number of rotatable bonds is 4. The lowest BCUT2D eigenvalue weighted by molar-refractivity contribution is -0.385. The number of nitro benzene ring substituents is 1. The van der Waals surface area contributed by atoms with Crippen LogP contribution in [0.2, 0.25) is 0 Å². The zero-order valence-electron chi connectivity index (χ0n) is 14.4. The van der Waals surface area contributed by atoms with Crippen molar-refractivity contribution in [2.24, 2.45) is 0 Å². The third kappa shape index (κ3) is 3.92. The summed E-state index contributed by atoms with van der Waals surface area (Å²) in [5, 5.41) is 11.2. The first-order valence-corrected chi connectivity index (χ1v) is 10.8. The Morgan fingerprint density at radius 3 is 2.65 bits per heavy atom. The summed E-state index contributed by atoms with van der Waals surface area (Å²) in [6, 6.07) is 13.4. The van der Waals surface area contributed by atoms with Gasteiger partial charge in [0.05, 0.1) is 9.82 Å². The predicted molar refractivity (Wildman–Crippen MR) is 103 cm³/mol. The van der Waals surface area contributed by atoms with Crippen LogP contribution in [0.5, 0.6) is 0 Å². The molecule has 1 atom stereocenters. The molecule has 2 aromatic rings. The molecule has 8 heteroatoms. The molecule has 3 rings (SSSR count). The van der Waals surface area contributed by atoms with Crippen molar-refractivity contribution in [3.63, 3.8) is 0 Å². The van der Waals surface area contributed by atoms with Crippen molar-refractivity contribution in [1.29, 1.82) is 0 Å². The average molecular weight is 393 g/mol. The van der Waals surface area contributed by atoms with E-state index in [-0.39, 0.29) is 15.8 Å². The molecule has 26 heavy (non-hydrogen) atoms. The number of nitrogens with zero attached hydrogens (tertiary/aromatic N) is 2. The topological polar surface area (TPSA) is 80.5 Å². The summed E-state index contributed by atoms with van der Waals surface area (Å²) in [5.41, 5.74) is 2.24. The lowest BCUT2D eigenvalue weighted by Crippen LogP contribution is -2.33. The number of non-ortho nitro benzene ring substituents is 1. The Kier molecular flexibility index (Phi) is 5.64. The van der Waals surface area contributed by atoms with Gasteiger partial charge in [-0.25, -0.2) is 8.42 Å². The van der Waals surface area contributed by atoms with Crippen LogP contribution in [0.1, 0.15) is 22.8 Å². The Labute approximate surface area is 157 Å². The second-order valence-corrected chi connectivity index (χ2v) is 9.41. The van der Waals surface area contributed by atoms with Crippen LogP contribution in [0.3, 0.4) is 0 Å². The van der Waals surface area contributed by atoms with E-state index >= 15 is 0 Å². The van der Waals surface area contributed by atoms with E-state index in [9.17, 15) is 18.5 Å². The van der Waals surface area contributed by atoms with Gasteiger partial charge in [-0.3, -0.25) is 10.1 Å². The number of hydrogen-bond acceptors (Lipinski definition) is 5. The Morgan fingerprint density at radius 2 is 1.92 bits per heavy atom. The van der Waals surface area contributed by atoms with Crippen LogP contribution in [-0.4, -0.2) is 36.5 Å². The summed E-state index contributed by atoms with van der Waals surface area (Å²) >= 11 is 1.76. The Hall–Kier alpha value is -1.90. The van der Waals surface area contributed by atoms with Gasteiger partial charge in [-0.05, 0) is 30.5 Å². The zero-order valence-corrected chi connectivity index (χ0v) is 16.0. The monoisotopic (exact) mass is 392 g/mol. The van der Waals surface area contributed by atoms with E-state index in [4.69, 9.17) is 0 Å². The molecule has 0 N–H and O–H groups in total. The minimum Gasteiger partial charge on any atom is -0.258 e. The minimum absolute atomic E-state index is 0.0222. The summed E-state index contributed by atoms with van der Waals surface area (Å²) in [6.45, 7) is 2.87. The first-order chi connectivity index (χ1) is 12.4. The fraction of sp³-hybridized carbons (Fsp3) is 0.333. The third-order valence-electron chi connectivity index (χ3n) is 4.50. The molecule has 1 aliphatic rings.